The van der Waals surface area contributed by atoms with E-state index in [1.165, 1.54) is 45.3 Å². The van der Waals surface area contributed by atoms with E-state index >= 15 is 0 Å². The van der Waals surface area contributed by atoms with E-state index in [-0.39, 0.29) is 24.0 Å². The highest BCUT2D eigenvalue weighted by Gasteiger charge is 2.42. The topological polar surface area (TPSA) is 40.1 Å². The van der Waals surface area contributed by atoms with E-state index in [1.807, 2.05) is 7.05 Å². The molecule has 134 valence electrons. The van der Waals surface area contributed by atoms with Crippen molar-refractivity contribution in [3.05, 3.63) is 0 Å². The number of nitrogens with one attached hydrogen (secondary N) is 1. The molecule has 0 aliphatic carbocycles. The molecule has 2 unspecified atom stereocenters. The van der Waals surface area contributed by atoms with Crippen LogP contribution in [-0.4, -0.2) is 75.3 Å². The average molecular weight is 436 g/mol. The first kappa shape index (κ1) is 19.2. The van der Waals surface area contributed by atoms with Gasteiger partial charge in [0.15, 0.2) is 5.96 Å². The molecule has 0 bridgehead atoms. The van der Waals surface area contributed by atoms with Crippen molar-refractivity contribution < 1.29 is 4.74 Å². The summed E-state index contributed by atoms with van der Waals surface area (Å²) in [6.45, 7) is 11.2. The zero-order chi connectivity index (χ0) is 15.4. The minimum absolute atomic E-state index is 0. The van der Waals surface area contributed by atoms with Gasteiger partial charge in [0.1, 0.15) is 0 Å². The second kappa shape index (κ2) is 8.85. The second-order valence-corrected chi connectivity index (χ2v) is 7.36. The van der Waals surface area contributed by atoms with Gasteiger partial charge in [-0.2, -0.15) is 0 Å². The van der Waals surface area contributed by atoms with Gasteiger partial charge in [-0.25, -0.2) is 0 Å². The number of aliphatic imine (C=N–C) groups is 1. The third-order valence-corrected chi connectivity index (χ3v) is 5.59. The van der Waals surface area contributed by atoms with Gasteiger partial charge in [0.05, 0.1) is 6.61 Å². The Morgan fingerprint density at radius 2 is 2.22 bits per heavy atom. The van der Waals surface area contributed by atoms with Gasteiger partial charge in [0.2, 0.25) is 0 Å². The molecule has 5 nitrogen and oxygen atoms in total. The molecule has 3 saturated heterocycles. The fourth-order valence-electron chi connectivity index (χ4n) is 4.25. The van der Waals surface area contributed by atoms with Crippen molar-refractivity contribution in [1.29, 1.82) is 0 Å². The molecule has 1 spiro atoms. The molecule has 2 atom stereocenters. The molecular formula is C17H33IN4O. The maximum Gasteiger partial charge on any atom is 0.193 e. The molecule has 0 radical (unpaired) electrons. The van der Waals surface area contributed by atoms with Gasteiger partial charge in [-0.1, -0.05) is 6.92 Å². The fraction of sp³-hybridized carbons (Fsp3) is 0.941. The van der Waals surface area contributed by atoms with Gasteiger partial charge < -0.3 is 19.9 Å². The largest absolute Gasteiger partial charge is 0.381 e. The first-order valence-electron chi connectivity index (χ1n) is 9.00. The molecule has 3 rings (SSSR count). The molecule has 3 heterocycles. The van der Waals surface area contributed by atoms with Crippen molar-refractivity contribution in [3.63, 3.8) is 0 Å². The van der Waals surface area contributed by atoms with E-state index in [9.17, 15) is 0 Å². The highest BCUT2D eigenvalue weighted by atomic mass is 127. The van der Waals surface area contributed by atoms with E-state index in [4.69, 9.17) is 4.74 Å². The maximum atomic E-state index is 5.63. The lowest BCUT2D eigenvalue weighted by atomic mass is 9.87. The Hall–Kier alpha value is -0.0800. The van der Waals surface area contributed by atoms with Crippen molar-refractivity contribution in [2.45, 2.75) is 32.6 Å². The Labute approximate surface area is 158 Å². The van der Waals surface area contributed by atoms with E-state index in [1.54, 1.807) is 0 Å². The zero-order valence-electron chi connectivity index (χ0n) is 14.7. The summed E-state index contributed by atoms with van der Waals surface area (Å²) in [6.07, 6.45) is 5.05. The summed E-state index contributed by atoms with van der Waals surface area (Å²) in [4.78, 5) is 9.55. The van der Waals surface area contributed by atoms with Crippen LogP contribution in [0.15, 0.2) is 4.99 Å². The molecule has 0 aromatic rings. The maximum absolute atomic E-state index is 5.63. The Morgan fingerprint density at radius 3 is 2.91 bits per heavy atom. The smallest absolute Gasteiger partial charge is 0.193 e. The van der Waals surface area contributed by atoms with Crippen LogP contribution in [0.2, 0.25) is 0 Å². The van der Waals surface area contributed by atoms with Gasteiger partial charge >= 0.3 is 0 Å². The van der Waals surface area contributed by atoms with Crippen LogP contribution in [0.1, 0.15) is 32.6 Å². The minimum atomic E-state index is 0. The van der Waals surface area contributed by atoms with Gasteiger partial charge in [-0.15, -0.1) is 24.0 Å². The summed E-state index contributed by atoms with van der Waals surface area (Å²) in [6, 6.07) is 0. The Morgan fingerprint density at radius 1 is 1.35 bits per heavy atom. The van der Waals surface area contributed by atoms with Crippen molar-refractivity contribution in [2.24, 2.45) is 16.3 Å². The van der Waals surface area contributed by atoms with E-state index < -0.39 is 0 Å². The van der Waals surface area contributed by atoms with Crippen molar-refractivity contribution in [3.8, 4) is 0 Å². The predicted molar refractivity (Wildman–Crippen MR) is 106 cm³/mol. The van der Waals surface area contributed by atoms with Crippen LogP contribution >= 0.6 is 24.0 Å². The molecule has 3 fully saturated rings. The van der Waals surface area contributed by atoms with E-state index in [0.29, 0.717) is 5.41 Å². The Bertz CT molecular complexity index is 398. The van der Waals surface area contributed by atoms with Crippen LogP contribution in [0.4, 0.5) is 0 Å². The summed E-state index contributed by atoms with van der Waals surface area (Å²) in [7, 11) is 1.91. The third-order valence-electron chi connectivity index (χ3n) is 5.59. The average Bonchev–Trinajstić information content (AvgIpc) is 3.24. The number of ether oxygens (including phenoxy) is 1. The van der Waals surface area contributed by atoms with Crippen LogP contribution in [-0.2, 0) is 4.74 Å². The normalized spacial score (nSPS) is 31.8. The number of guanidine groups is 1. The van der Waals surface area contributed by atoms with Crippen molar-refractivity contribution >= 4 is 29.9 Å². The highest BCUT2D eigenvalue weighted by molar-refractivity contribution is 14.0. The number of rotatable bonds is 4. The second-order valence-electron chi connectivity index (χ2n) is 7.36. The lowest BCUT2D eigenvalue weighted by Crippen LogP contribution is -2.43. The minimum Gasteiger partial charge on any atom is -0.381 e. The van der Waals surface area contributed by atoms with Crippen LogP contribution in [0, 0.1) is 11.3 Å². The highest BCUT2D eigenvalue weighted by Crippen LogP contribution is 2.38. The molecule has 6 heteroatoms. The standard InChI is InChI=1S/C17H32N4O.HI/c1-3-7-20-8-4-15(12-20)11-19-16(18-2)21-9-5-17(13-21)6-10-22-14-17;/h15H,3-14H2,1-2H3,(H,18,19);1H. The first-order valence-corrected chi connectivity index (χ1v) is 9.00. The summed E-state index contributed by atoms with van der Waals surface area (Å²) in [5.74, 6) is 1.87. The SMILES string of the molecule is CCCN1CCC(CNC(=NC)N2CCC3(CCOC3)C2)C1.I. The summed E-state index contributed by atoms with van der Waals surface area (Å²) >= 11 is 0. The molecule has 0 amide bonds. The molecule has 0 saturated carbocycles. The zero-order valence-corrected chi connectivity index (χ0v) is 17.1. The first-order chi connectivity index (χ1) is 10.7. The van der Waals surface area contributed by atoms with E-state index in [0.717, 1.165) is 44.7 Å². The predicted octanol–water partition coefficient (Wildman–Crippen LogP) is 2.02. The van der Waals surface area contributed by atoms with Crippen LogP contribution in [0.3, 0.4) is 0 Å². The number of hydrogen-bond donors (Lipinski definition) is 1. The molecule has 0 aromatic carbocycles. The lowest BCUT2D eigenvalue weighted by molar-refractivity contribution is 0.156. The van der Waals surface area contributed by atoms with Gasteiger partial charge in [-0.3, -0.25) is 4.99 Å². The quantitative estimate of drug-likeness (QED) is 0.416. The van der Waals surface area contributed by atoms with Crippen LogP contribution in [0.25, 0.3) is 0 Å². The summed E-state index contributed by atoms with van der Waals surface area (Å²) < 4.78 is 5.63. The molecule has 3 aliphatic rings. The lowest BCUT2D eigenvalue weighted by Gasteiger charge is -2.25. The molecule has 1 N–H and O–H groups in total. The summed E-state index contributed by atoms with van der Waals surface area (Å²) in [5, 5.41) is 3.63. The molecule has 0 aromatic heterocycles. The Kier molecular flexibility index (Phi) is 7.41. The van der Waals surface area contributed by atoms with Crippen LogP contribution in [0.5, 0.6) is 0 Å². The summed E-state index contributed by atoms with van der Waals surface area (Å²) in [5.41, 5.74) is 0.406. The van der Waals surface area contributed by atoms with Gasteiger partial charge in [0, 0.05) is 45.2 Å². The third kappa shape index (κ3) is 4.72. The number of nitrogens with zero attached hydrogens (tertiary/aromatic N) is 3. The van der Waals surface area contributed by atoms with Gasteiger partial charge in [-0.05, 0) is 44.7 Å². The van der Waals surface area contributed by atoms with E-state index in [2.05, 4.69) is 27.0 Å². The molecule has 23 heavy (non-hydrogen) atoms. The molecular weight excluding hydrogens is 403 g/mol. The van der Waals surface area contributed by atoms with Crippen molar-refractivity contribution in [1.82, 2.24) is 15.1 Å². The number of likely N-dealkylation sites (tertiary alicyclic amines) is 2. The number of hydrogen-bond acceptors (Lipinski definition) is 3. The van der Waals surface area contributed by atoms with Gasteiger partial charge in [0.25, 0.3) is 0 Å². The molecule has 3 aliphatic heterocycles. The van der Waals surface area contributed by atoms with Crippen LogP contribution < -0.4 is 5.32 Å². The van der Waals surface area contributed by atoms with Crippen molar-refractivity contribution in [2.75, 3.05) is 59.5 Å². The fourth-order valence-corrected chi connectivity index (χ4v) is 4.25. The Balaban J connectivity index is 0.00000192. The monoisotopic (exact) mass is 436 g/mol. The number of halogens is 1.